The third-order valence-corrected chi connectivity index (χ3v) is 4.90. The van der Waals surface area contributed by atoms with Crippen LogP contribution in [0.1, 0.15) is 36.0 Å². The predicted molar refractivity (Wildman–Crippen MR) is 95.7 cm³/mol. The van der Waals surface area contributed by atoms with Crippen molar-refractivity contribution < 1.29 is 14.4 Å². The molecular formula is C18H23BrN2O3. The van der Waals surface area contributed by atoms with Gasteiger partial charge in [0, 0.05) is 56.0 Å². The number of halogens is 1. The normalized spacial score (nSPS) is 15.2. The van der Waals surface area contributed by atoms with E-state index >= 15 is 0 Å². The standard InChI is InChI=1S/C18H23BrN2O3/c1-20(2)18(24)14-9-11-21(12-10-14)17(23)8-7-16(22)13-3-5-15(19)6-4-13/h3-6,14H,7-12H2,1-2H3. The molecule has 0 unspecified atom stereocenters. The van der Waals surface area contributed by atoms with Gasteiger partial charge < -0.3 is 9.80 Å². The van der Waals surface area contributed by atoms with E-state index in [2.05, 4.69) is 15.9 Å². The lowest BCUT2D eigenvalue weighted by molar-refractivity contribution is -0.139. The van der Waals surface area contributed by atoms with E-state index in [0.717, 1.165) is 4.47 Å². The Morgan fingerprint density at radius 3 is 2.21 bits per heavy atom. The highest BCUT2D eigenvalue weighted by Crippen LogP contribution is 2.20. The second-order valence-corrected chi connectivity index (χ2v) is 7.23. The SMILES string of the molecule is CN(C)C(=O)C1CCN(C(=O)CCC(=O)c2ccc(Br)cc2)CC1. The second-order valence-electron chi connectivity index (χ2n) is 6.32. The molecule has 2 amide bonds. The zero-order chi connectivity index (χ0) is 17.7. The van der Waals surface area contributed by atoms with E-state index in [9.17, 15) is 14.4 Å². The largest absolute Gasteiger partial charge is 0.349 e. The van der Waals surface area contributed by atoms with Crippen molar-refractivity contribution in [1.29, 1.82) is 0 Å². The van der Waals surface area contributed by atoms with Crippen molar-refractivity contribution in [2.75, 3.05) is 27.2 Å². The Kier molecular flexibility index (Phi) is 6.54. The third-order valence-electron chi connectivity index (χ3n) is 4.37. The molecule has 1 heterocycles. The summed E-state index contributed by atoms with van der Waals surface area (Å²) in [5.74, 6) is 0.116. The first-order valence-electron chi connectivity index (χ1n) is 8.16. The van der Waals surface area contributed by atoms with E-state index in [1.807, 2.05) is 12.1 Å². The molecule has 1 fully saturated rings. The summed E-state index contributed by atoms with van der Waals surface area (Å²) >= 11 is 3.33. The number of nitrogens with zero attached hydrogens (tertiary/aromatic N) is 2. The van der Waals surface area contributed by atoms with Gasteiger partial charge in [0.15, 0.2) is 5.78 Å². The van der Waals surface area contributed by atoms with Gasteiger partial charge >= 0.3 is 0 Å². The maximum Gasteiger partial charge on any atom is 0.225 e. The summed E-state index contributed by atoms with van der Waals surface area (Å²) in [5.41, 5.74) is 0.626. The molecule has 130 valence electrons. The van der Waals surface area contributed by atoms with E-state index < -0.39 is 0 Å². The van der Waals surface area contributed by atoms with Crippen molar-refractivity contribution in [3.05, 3.63) is 34.3 Å². The summed E-state index contributed by atoms with van der Waals surface area (Å²) in [5, 5.41) is 0. The van der Waals surface area contributed by atoms with Crippen LogP contribution in [0, 0.1) is 5.92 Å². The van der Waals surface area contributed by atoms with Crippen LogP contribution in [-0.4, -0.2) is 54.6 Å². The van der Waals surface area contributed by atoms with E-state index in [-0.39, 0.29) is 36.4 Å². The molecule has 0 N–H and O–H groups in total. The molecule has 24 heavy (non-hydrogen) atoms. The number of piperidine rings is 1. The van der Waals surface area contributed by atoms with Crippen LogP contribution >= 0.6 is 15.9 Å². The van der Waals surface area contributed by atoms with Gasteiger partial charge in [-0.3, -0.25) is 14.4 Å². The molecule has 0 radical (unpaired) electrons. The first-order chi connectivity index (χ1) is 11.4. The summed E-state index contributed by atoms with van der Waals surface area (Å²) in [6.45, 7) is 1.19. The van der Waals surface area contributed by atoms with Gasteiger partial charge in [-0.1, -0.05) is 28.1 Å². The van der Waals surface area contributed by atoms with Crippen LogP contribution < -0.4 is 0 Å². The monoisotopic (exact) mass is 394 g/mol. The fourth-order valence-corrected chi connectivity index (χ4v) is 3.16. The molecule has 0 aliphatic carbocycles. The van der Waals surface area contributed by atoms with Crippen LogP contribution in [0.25, 0.3) is 0 Å². The maximum atomic E-state index is 12.3. The van der Waals surface area contributed by atoms with Crippen LogP contribution in [0.4, 0.5) is 0 Å². The Morgan fingerprint density at radius 2 is 1.67 bits per heavy atom. The fraction of sp³-hybridized carbons (Fsp3) is 0.500. The fourth-order valence-electron chi connectivity index (χ4n) is 2.90. The van der Waals surface area contributed by atoms with Crippen LogP contribution in [0.2, 0.25) is 0 Å². The van der Waals surface area contributed by atoms with Crippen molar-refractivity contribution in [3.63, 3.8) is 0 Å². The molecule has 0 bridgehead atoms. The van der Waals surface area contributed by atoms with E-state index in [4.69, 9.17) is 0 Å². The number of likely N-dealkylation sites (tertiary alicyclic amines) is 1. The first-order valence-corrected chi connectivity index (χ1v) is 8.95. The van der Waals surface area contributed by atoms with Gasteiger partial charge in [-0.25, -0.2) is 0 Å². The minimum Gasteiger partial charge on any atom is -0.349 e. The smallest absolute Gasteiger partial charge is 0.225 e. The van der Waals surface area contributed by atoms with E-state index in [1.165, 1.54) is 0 Å². The Bertz CT molecular complexity index is 605. The minimum absolute atomic E-state index is 0.00351. The van der Waals surface area contributed by atoms with E-state index in [1.54, 1.807) is 36.0 Å². The Labute approximate surface area is 151 Å². The number of rotatable bonds is 5. The van der Waals surface area contributed by atoms with Crippen LogP contribution in [0.15, 0.2) is 28.7 Å². The number of carbonyl (C=O) groups excluding carboxylic acids is 3. The van der Waals surface area contributed by atoms with Crippen molar-refractivity contribution in [2.45, 2.75) is 25.7 Å². The molecule has 0 aromatic heterocycles. The highest BCUT2D eigenvalue weighted by atomic mass is 79.9. The van der Waals surface area contributed by atoms with Crippen molar-refractivity contribution in [3.8, 4) is 0 Å². The molecule has 1 saturated heterocycles. The quantitative estimate of drug-likeness (QED) is 0.721. The topological polar surface area (TPSA) is 57.7 Å². The summed E-state index contributed by atoms with van der Waals surface area (Å²) < 4.78 is 0.922. The molecule has 1 aliphatic rings. The van der Waals surface area contributed by atoms with Gasteiger partial charge in [-0.05, 0) is 25.0 Å². The number of carbonyl (C=O) groups is 3. The molecule has 1 aromatic rings. The van der Waals surface area contributed by atoms with Gasteiger partial charge in [0.05, 0.1) is 0 Å². The predicted octanol–water partition coefficient (Wildman–Crippen LogP) is 2.74. The van der Waals surface area contributed by atoms with Gasteiger partial charge in [0.1, 0.15) is 0 Å². The van der Waals surface area contributed by atoms with Gasteiger partial charge in [0.25, 0.3) is 0 Å². The number of Topliss-reactive ketones (excluding diaryl/α,β-unsaturated/α-hetero) is 1. The molecular weight excluding hydrogens is 372 g/mol. The lowest BCUT2D eigenvalue weighted by Gasteiger charge is -2.32. The first kappa shape index (κ1) is 18.6. The summed E-state index contributed by atoms with van der Waals surface area (Å²) in [4.78, 5) is 39.7. The highest BCUT2D eigenvalue weighted by molar-refractivity contribution is 9.10. The average Bonchev–Trinajstić information content (AvgIpc) is 2.59. The number of ketones is 1. The van der Waals surface area contributed by atoms with Crippen molar-refractivity contribution in [1.82, 2.24) is 9.80 Å². The molecule has 0 spiro atoms. The van der Waals surface area contributed by atoms with E-state index in [0.29, 0.717) is 31.5 Å². The highest BCUT2D eigenvalue weighted by Gasteiger charge is 2.28. The summed E-state index contributed by atoms with van der Waals surface area (Å²) in [7, 11) is 3.52. The lowest BCUT2D eigenvalue weighted by atomic mass is 9.95. The molecule has 1 aromatic carbocycles. The van der Waals surface area contributed by atoms with Crippen LogP contribution in [0.3, 0.4) is 0 Å². The van der Waals surface area contributed by atoms with Crippen LogP contribution in [0.5, 0.6) is 0 Å². The molecule has 6 heteroatoms. The third kappa shape index (κ3) is 4.90. The number of hydrogen-bond donors (Lipinski definition) is 0. The second kappa shape index (κ2) is 8.42. The zero-order valence-electron chi connectivity index (χ0n) is 14.1. The Morgan fingerprint density at radius 1 is 1.08 bits per heavy atom. The summed E-state index contributed by atoms with van der Waals surface area (Å²) in [6, 6.07) is 7.16. The van der Waals surface area contributed by atoms with Crippen molar-refractivity contribution >= 4 is 33.5 Å². The van der Waals surface area contributed by atoms with Crippen molar-refractivity contribution in [2.24, 2.45) is 5.92 Å². The number of benzene rings is 1. The van der Waals surface area contributed by atoms with Gasteiger partial charge in [-0.2, -0.15) is 0 Å². The average molecular weight is 395 g/mol. The minimum atomic E-state index is -0.0199. The number of amides is 2. The Hall–Kier alpha value is -1.69. The van der Waals surface area contributed by atoms with Gasteiger partial charge in [-0.15, -0.1) is 0 Å². The molecule has 0 atom stereocenters. The number of hydrogen-bond acceptors (Lipinski definition) is 3. The molecule has 1 aliphatic heterocycles. The molecule has 5 nitrogen and oxygen atoms in total. The lowest BCUT2D eigenvalue weighted by Crippen LogP contribution is -2.42. The van der Waals surface area contributed by atoms with Gasteiger partial charge in [0.2, 0.25) is 11.8 Å². The molecule has 0 saturated carbocycles. The Balaban J connectivity index is 1.78. The molecule has 2 rings (SSSR count). The maximum absolute atomic E-state index is 12.3. The zero-order valence-corrected chi connectivity index (χ0v) is 15.7. The summed E-state index contributed by atoms with van der Waals surface area (Å²) in [6.07, 6.45) is 1.84. The van der Waals surface area contributed by atoms with Crippen LogP contribution in [-0.2, 0) is 9.59 Å².